The van der Waals surface area contributed by atoms with Gasteiger partial charge in [-0.05, 0) is 42.0 Å². The highest BCUT2D eigenvalue weighted by Crippen LogP contribution is 2.11. The highest BCUT2D eigenvalue weighted by molar-refractivity contribution is 7.80. The van der Waals surface area contributed by atoms with E-state index < -0.39 is 0 Å². The number of hydrogen-bond acceptors (Lipinski definition) is 3. The Labute approximate surface area is 128 Å². The molecule has 0 saturated carbocycles. The molecule has 0 atom stereocenters. The smallest absolute Gasteiger partial charge is 0.242 e. The van der Waals surface area contributed by atoms with E-state index in [1.165, 1.54) is 0 Å². The Bertz CT molecular complexity index is 632. The van der Waals surface area contributed by atoms with E-state index in [-0.39, 0.29) is 18.1 Å². The minimum absolute atomic E-state index is 0.134. The van der Waals surface area contributed by atoms with Crippen molar-refractivity contribution in [2.75, 3.05) is 5.32 Å². The molecular weight excluding hydrogens is 286 g/mol. The highest BCUT2D eigenvalue weighted by Gasteiger charge is 2.04. The van der Waals surface area contributed by atoms with Crippen LogP contribution < -0.4 is 16.2 Å². The predicted molar refractivity (Wildman–Crippen MR) is 85.8 cm³/mol. The zero-order valence-corrected chi connectivity index (χ0v) is 12.0. The van der Waals surface area contributed by atoms with Gasteiger partial charge in [0.25, 0.3) is 0 Å². The summed E-state index contributed by atoms with van der Waals surface area (Å²) in [6.07, 6.45) is 0.148. The van der Waals surface area contributed by atoms with Crippen LogP contribution in [0.1, 0.15) is 5.56 Å². The van der Waals surface area contributed by atoms with Gasteiger partial charge in [0.1, 0.15) is 5.75 Å². The summed E-state index contributed by atoms with van der Waals surface area (Å²) in [5.41, 5.74) is 6.67. The van der Waals surface area contributed by atoms with Crippen molar-refractivity contribution in [3.8, 4) is 5.75 Å². The summed E-state index contributed by atoms with van der Waals surface area (Å²) in [6.45, 7) is 0. The number of thiocarbonyl (C=S) groups is 1. The van der Waals surface area contributed by atoms with Gasteiger partial charge in [-0.2, -0.15) is 0 Å². The number of benzene rings is 2. The van der Waals surface area contributed by atoms with Crippen molar-refractivity contribution >= 4 is 28.9 Å². The van der Waals surface area contributed by atoms with Crippen molar-refractivity contribution in [1.82, 2.24) is 10.9 Å². The minimum atomic E-state index is -0.252. The second kappa shape index (κ2) is 7.25. The monoisotopic (exact) mass is 301 g/mol. The van der Waals surface area contributed by atoms with Crippen LogP contribution in [-0.4, -0.2) is 16.1 Å². The number of carbonyl (C=O) groups is 1. The molecule has 0 aliphatic carbocycles. The standard InChI is InChI=1S/C15H15N3O2S/c19-13-8-4-5-11(9-13)10-14(20)17-18-15(21)16-12-6-2-1-3-7-12/h1-9,19H,10H2,(H,17,20)(H2,16,18,21). The molecule has 21 heavy (non-hydrogen) atoms. The fourth-order valence-electron chi connectivity index (χ4n) is 1.71. The molecule has 1 amide bonds. The van der Waals surface area contributed by atoms with Crippen LogP contribution in [0.3, 0.4) is 0 Å². The first kappa shape index (κ1) is 14.8. The van der Waals surface area contributed by atoms with E-state index in [0.717, 1.165) is 11.3 Å². The van der Waals surface area contributed by atoms with Gasteiger partial charge in [0.05, 0.1) is 6.42 Å². The third kappa shape index (κ3) is 5.12. The topological polar surface area (TPSA) is 73.4 Å². The van der Waals surface area contributed by atoms with Crippen LogP contribution in [-0.2, 0) is 11.2 Å². The first-order valence-electron chi connectivity index (χ1n) is 6.32. The van der Waals surface area contributed by atoms with Crippen molar-refractivity contribution in [1.29, 1.82) is 0 Å². The van der Waals surface area contributed by atoms with Gasteiger partial charge in [-0.1, -0.05) is 30.3 Å². The number of rotatable bonds is 3. The Morgan fingerprint density at radius 2 is 1.81 bits per heavy atom. The Hall–Kier alpha value is -2.60. The third-order valence-corrected chi connectivity index (χ3v) is 2.83. The van der Waals surface area contributed by atoms with Crippen LogP contribution in [0.2, 0.25) is 0 Å². The molecule has 108 valence electrons. The molecule has 0 aromatic heterocycles. The molecule has 2 aromatic carbocycles. The number of nitrogens with one attached hydrogen (secondary N) is 3. The summed E-state index contributed by atoms with van der Waals surface area (Å²) in [6, 6.07) is 15.9. The molecule has 0 aliphatic heterocycles. The zero-order chi connectivity index (χ0) is 15.1. The van der Waals surface area contributed by atoms with Crippen molar-refractivity contribution in [3.63, 3.8) is 0 Å². The molecule has 0 saturated heterocycles. The molecular formula is C15H15N3O2S. The summed E-state index contributed by atoms with van der Waals surface area (Å²) >= 11 is 5.06. The number of para-hydroxylation sites is 1. The second-order valence-corrected chi connectivity index (χ2v) is 4.75. The van der Waals surface area contributed by atoms with Crippen LogP contribution >= 0.6 is 12.2 Å². The maximum absolute atomic E-state index is 11.7. The van der Waals surface area contributed by atoms with Crippen molar-refractivity contribution < 1.29 is 9.90 Å². The number of aromatic hydroxyl groups is 1. The molecule has 2 aromatic rings. The quantitative estimate of drug-likeness (QED) is 0.515. The number of anilines is 1. The predicted octanol–water partition coefficient (Wildman–Crippen LogP) is 1.95. The van der Waals surface area contributed by atoms with E-state index in [1.54, 1.807) is 24.3 Å². The maximum Gasteiger partial charge on any atom is 0.242 e. The van der Waals surface area contributed by atoms with E-state index >= 15 is 0 Å². The van der Waals surface area contributed by atoms with Crippen LogP contribution in [0.5, 0.6) is 5.75 Å². The number of phenolic OH excluding ortho intramolecular Hbond substituents is 1. The lowest BCUT2D eigenvalue weighted by Gasteiger charge is -2.11. The highest BCUT2D eigenvalue weighted by atomic mass is 32.1. The van der Waals surface area contributed by atoms with Crippen LogP contribution in [0.25, 0.3) is 0 Å². The van der Waals surface area contributed by atoms with Crippen molar-refractivity contribution in [3.05, 3.63) is 60.2 Å². The molecule has 4 N–H and O–H groups in total. The van der Waals surface area contributed by atoms with Crippen molar-refractivity contribution in [2.24, 2.45) is 0 Å². The third-order valence-electron chi connectivity index (χ3n) is 2.62. The van der Waals surface area contributed by atoms with Gasteiger partial charge in [0, 0.05) is 5.69 Å². The fraction of sp³-hybridized carbons (Fsp3) is 0.0667. The molecule has 0 spiro atoms. The first-order valence-corrected chi connectivity index (χ1v) is 6.73. The SMILES string of the molecule is O=C(Cc1cccc(O)c1)NNC(=S)Nc1ccccc1. The molecule has 0 fully saturated rings. The van der Waals surface area contributed by atoms with Gasteiger partial charge in [-0.3, -0.25) is 15.6 Å². The molecule has 0 heterocycles. The van der Waals surface area contributed by atoms with Crippen LogP contribution in [0, 0.1) is 0 Å². The Balaban J connectivity index is 1.77. The lowest BCUT2D eigenvalue weighted by molar-refractivity contribution is -0.120. The minimum Gasteiger partial charge on any atom is -0.508 e. The van der Waals surface area contributed by atoms with Gasteiger partial charge < -0.3 is 10.4 Å². The molecule has 5 nitrogen and oxygen atoms in total. The van der Waals surface area contributed by atoms with E-state index in [0.29, 0.717) is 5.11 Å². The number of amides is 1. The largest absolute Gasteiger partial charge is 0.508 e. The molecule has 0 radical (unpaired) electrons. The summed E-state index contributed by atoms with van der Waals surface area (Å²) in [5, 5.41) is 12.6. The summed E-state index contributed by atoms with van der Waals surface area (Å²) < 4.78 is 0. The van der Waals surface area contributed by atoms with E-state index in [2.05, 4.69) is 16.2 Å². The molecule has 6 heteroatoms. The van der Waals surface area contributed by atoms with Gasteiger partial charge in [0.2, 0.25) is 5.91 Å². The fourth-order valence-corrected chi connectivity index (χ4v) is 1.88. The molecule has 2 rings (SSSR count). The average Bonchev–Trinajstić information content (AvgIpc) is 2.46. The van der Waals surface area contributed by atoms with E-state index in [9.17, 15) is 9.90 Å². The molecule has 0 unspecified atom stereocenters. The van der Waals surface area contributed by atoms with Crippen LogP contribution in [0.4, 0.5) is 5.69 Å². The Kier molecular flexibility index (Phi) is 5.11. The number of hydrogen-bond donors (Lipinski definition) is 4. The van der Waals surface area contributed by atoms with E-state index in [4.69, 9.17) is 12.2 Å². The first-order chi connectivity index (χ1) is 10.1. The Morgan fingerprint density at radius 1 is 1.05 bits per heavy atom. The van der Waals surface area contributed by atoms with Gasteiger partial charge in [0.15, 0.2) is 5.11 Å². The molecule has 0 bridgehead atoms. The lowest BCUT2D eigenvalue weighted by atomic mass is 10.1. The van der Waals surface area contributed by atoms with E-state index in [1.807, 2.05) is 30.3 Å². The van der Waals surface area contributed by atoms with Gasteiger partial charge >= 0.3 is 0 Å². The number of phenols is 1. The van der Waals surface area contributed by atoms with Crippen molar-refractivity contribution in [2.45, 2.75) is 6.42 Å². The van der Waals surface area contributed by atoms with Crippen LogP contribution in [0.15, 0.2) is 54.6 Å². The summed E-state index contributed by atoms with van der Waals surface area (Å²) in [4.78, 5) is 11.7. The lowest BCUT2D eigenvalue weighted by Crippen LogP contribution is -2.44. The Morgan fingerprint density at radius 3 is 2.52 bits per heavy atom. The summed E-state index contributed by atoms with van der Waals surface area (Å²) in [7, 11) is 0. The summed E-state index contributed by atoms with van der Waals surface area (Å²) in [5.74, 6) is -0.118. The number of hydrazine groups is 1. The molecule has 0 aliphatic rings. The van der Waals surface area contributed by atoms with Gasteiger partial charge in [-0.15, -0.1) is 0 Å². The average molecular weight is 301 g/mol. The second-order valence-electron chi connectivity index (χ2n) is 4.34. The zero-order valence-electron chi connectivity index (χ0n) is 11.2. The maximum atomic E-state index is 11.7. The number of carbonyl (C=O) groups excluding carboxylic acids is 1. The van der Waals surface area contributed by atoms with Gasteiger partial charge in [-0.25, -0.2) is 0 Å². The normalized spacial score (nSPS) is 9.71.